The van der Waals surface area contributed by atoms with Crippen molar-refractivity contribution in [2.75, 3.05) is 13.6 Å². The number of rotatable bonds is 8. The van der Waals surface area contributed by atoms with E-state index in [-0.39, 0.29) is 36.8 Å². The van der Waals surface area contributed by atoms with Crippen molar-refractivity contribution in [1.29, 1.82) is 0 Å². The summed E-state index contributed by atoms with van der Waals surface area (Å²) < 4.78 is 23.6. The maximum absolute atomic E-state index is 13.8. The minimum absolute atomic E-state index is 0.00148. The predicted octanol–water partition coefficient (Wildman–Crippen LogP) is 4.23. The third kappa shape index (κ3) is 4.66. The van der Waals surface area contributed by atoms with Gasteiger partial charge in [-0.1, -0.05) is 61.5 Å². The highest BCUT2D eigenvalue weighted by Gasteiger charge is 2.32. The summed E-state index contributed by atoms with van der Waals surface area (Å²) in [5.74, 6) is 0.184. The van der Waals surface area contributed by atoms with Crippen molar-refractivity contribution in [3.63, 3.8) is 0 Å². The molecule has 0 fully saturated rings. The van der Waals surface area contributed by atoms with Gasteiger partial charge in [-0.05, 0) is 23.6 Å². The van der Waals surface area contributed by atoms with Crippen LogP contribution in [0.25, 0.3) is 10.9 Å². The fourth-order valence-electron chi connectivity index (χ4n) is 4.83. The van der Waals surface area contributed by atoms with E-state index in [0.717, 1.165) is 17.5 Å². The number of hydrogen-bond acceptors (Lipinski definition) is 7. The summed E-state index contributed by atoms with van der Waals surface area (Å²) in [5, 5.41) is 3.15. The highest BCUT2D eigenvalue weighted by atomic mass is 16.7. The third-order valence-corrected chi connectivity index (χ3v) is 6.99. The molecule has 1 amide bonds. The van der Waals surface area contributed by atoms with Crippen LogP contribution in [0.4, 0.5) is 0 Å². The number of aromatic nitrogens is 1. The van der Waals surface area contributed by atoms with Crippen LogP contribution in [0.2, 0.25) is 0 Å². The molecule has 6 rings (SSSR count). The molecule has 0 radical (unpaired) electrons. The summed E-state index contributed by atoms with van der Waals surface area (Å²) in [6, 6.07) is 18.7. The second kappa shape index (κ2) is 10.6. The number of carbonyl (C=O) groups excluding carboxylic acids is 2. The van der Waals surface area contributed by atoms with Gasteiger partial charge in [0.05, 0.1) is 16.5 Å². The minimum atomic E-state index is -1.08. The largest absolute Gasteiger partial charge is 0.462 e. The molecule has 0 spiro atoms. The Morgan fingerprint density at radius 2 is 1.68 bits per heavy atom. The number of ketones is 1. The van der Waals surface area contributed by atoms with Crippen LogP contribution in [-0.2, 0) is 27.2 Å². The summed E-state index contributed by atoms with van der Waals surface area (Å²) in [6.45, 7) is 2.23. The minimum Gasteiger partial charge on any atom is -0.462 e. The number of amides is 1. The first-order valence-corrected chi connectivity index (χ1v) is 12.9. The molecule has 3 heterocycles. The zero-order valence-electron chi connectivity index (χ0n) is 21.7. The Morgan fingerprint density at radius 3 is 2.38 bits per heavy atom. The Morgan fingerprint density at radius 1 is 0.925 bits per heavy atom. The second-order valence-corrected chi connectivity index (χ2v) is 9.44. The quantitative estimate of drug-likeness (QED) is 0.335. The predicted molar refractivity (Wildman–Crippen MR) is 146 cm³/mol. The third-order valence-electron chi connectivity index (χ3n) is 6.99. The van der Waals surface area contributed by atoms with Gasteiger partial charge in [0.15, 0.2) is 29.1 Å². The van der Waals surface area contributed by atoms with Crippen LogP contribution in [0.3, 0.4) is 0 Å². The zero-order valence-corrected chi connectivity index (χ0v) is 21.7. The fourth-order valence-corrected chi connectivity index (χ4v) is 4.83. The van der Waals surface area contributed by atoms with Crippen molar-refractivity contribution >= 4 is 22.6 Å². The Balaban J connectivity index is 1.50. The summed E-state index contributed by atoms with van der Waals surface area (Å²) in [5.41, 5.74) is 2.16. The van der Waals surface area contributed by atoms with E-state index < -0.39 is 23.2 Å². The molecule has 202 valence electrons. The molecule has 1 aromatic heterocycles. The SMILES string of the molecule is CCc1ccc(C(=O)c2cn(C(C(=O)NCc3ccccc3)C3=COCO3)c3cc4c(cc3c2=O)OCO4)cc1. The van der Waals surface area contributed by atoms with E-state index in [9.17, 15) is 14.4 Å². The lowest BCUT2D eigenvalue weighted by Gasteiger charge is -2.23. The standard InChI is InChI=1S/C31H26N2O7/c1-2-19-8-10-21(11-9-19)29(34)23-15-33(24-13-26-25(39-18-40-26)12-22(24)30(23)35)28(27-16-37-17-38-27)31(36)32-14-20-6-4-3-5-7-20/h3-13,15-16,28H,2,14,17-18H2,1H3,(H,32,36). The first-order chi connectivity index (χ1) is 19.5. The molecule has 4 aromatic rings. The van der Waals surface area contributed by atoms with Crippen LogP contribution in [0.5, 0.6) is 11.5 Å². The van der Waals surface area contributed by atoms with Gasteiger partial charge >= 0.3 is 0 Å². The number of carbonyl (C=O) groups is 2. The summed E-state index contributed by atoms with van der Waals surface area (Å²) in [7, 11) is 0. The van der Waals surface area contributed by atoms with Crippen LogP contribution in [-0.4, -0.2) is 29.8 Å². The monoisotopic (exact) mass is 538 g/mol. The summed E-state index contributed by atoms with van der Waals surface area (Å²) in [4.78, 5) is 41.2. The Hall–Kier alpha value is -5.05. The average molecular weight is 539 g/mol. The average Bonchev–Trinajstić information content (AvgIpc) is 3.69. The molecule has 0 bridgehead atoms. The molecule has 0 saturated heterocycles. The molecule has 2 aliphatic rings. The summed E-state index contributed by atoms with van der Waals surface area (Å²) >= 11 is 0. The van der Waals surface area contributed by atoms with Crippen molar-refractivity contribution < 1.29 is 28.5 Å². The molecule has 1 N–H and O–H groups in total. The first kappa shape index (κ1) is 25.2. The lowest BCUT2D eigenvalue weighted by atomic mass is 9.99. The molecule has 9 heteroatoms. The number of fused-ring (bicyclic) bond motifs is 2. The number of hydrogen-bond donors (Lipinski definition) is 1. The zero-order chi connectivity index (χ0) is 27.6. The lowest BCUT2D eigenvalue weighted by Crippen LogP contribution is -2.35. The van der Waals surface area contributed by atoms with E-state index in [0.29, 0.717) is 22.6 Å². The molecule has 3 aromatic carbocycles. The maximum Gasteiger partial charge on any atom is 0.251 e. The Kier molecular flexibility index (Phi) is 6.69. The molecule has 1 atom stereocenters. The van der Waals surface area contributed by atoms with Gasteiger partial charge in [0, 0.05) is 24.4 Å². The lowest BCUT2D eigenvalue weighted by molar-refractivity contribution is -0.124. The van der Waals surface area contributed by atoms with Crippen molar-refractivity contribution in [1.82, 2.24) is 9.88 Å². The van der Waals surface area contributed by atoms with Crippen molar-refractivity contribution in [2.24, 2.45) is 0 Å². The molecule has 2 aliphatic heterocycles. The van der Waals surface area contributed by atoms with Crippen LogP contribution in [0.15, 0.2) is 89.7 Å². The van der Waals surface area contributed by atoms with E-state index in [1.54, 1.807) is 28.8 Å². The van der Waals surface area contributed by atoms with Gasteiger partial charge in [0.25, 0.3) is 5.91 Å². The topological polar surface area (TPSA) is 105 Å². The van der Waals surface area contributed by atoms with E-state index >= 15 is 0 Å². The highest BCUT2D eigenvalue weighted by molar-refractivity contribution is 6.10. The van der Waals surface area contributed by atoms with E-state index in [4.69, 9.17) is 18.9 Å². The number of pyridine rings is 1. The number of aryl methyl sites for hydroxylation is 1. The van der Waals surface area contributed by atoms with Gasteiger partial charge < -0.3 is 28.8 Å². The van der Waals surface area contributed by atoms with Crippen LogP contribution in [0.1, 0.15) is 40.0 Å². The number of benzene rings is 3. The molecule has 1 unspecified atom stereocenters. The number of nitrogens with zero attached hydrogens (tertiary/aromatic N) is 1. The molecule has 0 saturated carbocycles. The van der Waals surface area contributed by atoms with Crippen molar-refractivity contribution in [3.05, 3.63) is 117 Å². The molecule has 40 heavy (non-hydrogen) atoms. The van der Waals surface area contributed by atoms with Gasteiger partial charge in [-0.2, -0.15) is 0 Å². The number of nitrogens with one attached hydrogen (secondary N) is 1. The second-order valence-electron chi connectivity index (χ2n) is 9.44. The normalized spacial score (nSPS) is 14.3. The molecular formula is C31H26N2O7. The van der Waals surface area contributed by atoms with Gasteiger partial charge in [-0.3, -0.25) is 14.4 Å². The Labute approximate surface area is 229 Å². The highest BCUT2D eigenvalue weighted by Crippen LogP contribution is 2.37. The van der Waals surface area contributed by atoms with E-state index in [1.807, 2.05) is 49.4 Å². The van der Waals surface area contributed by atoms with Crippen molar-refractivity contribution in [2.45, 2.75) is 25.9 Å². The fraction of sp³-hybridized carbons (Fsp3) is 0.194. The smallest absolute Gasteiger partial charge is 0.251 e. The van der Waals surface area contributed by atoms with Crippen LogP contribution < -0.4 is 20.2 Å². The van der Waals surface area contributed by atoms with Gasteiger partial charge in [0.1, 0.15) is 6.26 Å². The molecule has 0 aliphatic carbocycles. The van der Waals surface area contributed by atoms with Gasteiger partial charge in [-0.25, -0.2) is 0 Å². The first-order valence-electron chi connectivity index (χ1n) is 12.9. The van der Waals surface area contributed by atoms with Crippen LogP contribution >= 0.6 is 0 Å². The Bertz CT molecular complexity index is 1690. The van der Waals surface area contributed by atoms with Crippen LogP contribution in [0, 0.1) is 0 Å². The summed E-state index contributed by atoms with van der Waals surface area (Å²) in [6.07, 6.45) is 3.61. The number of ether oxygens (including phenoxy) is 4. The van der Waals surface area contributed by atoms with Gasteiger partial charge in [0.2, 0.25) is 19.0 Å². The maximum atomic E-state index is 13.8. The molecule has 9 nitrogen and oxygen atoms in total. The van der Waals surface area contributed by atoms with Gasteiger partial charge in [-0.15, -0.1) is 0 Å². The molecular weight excluding hydrogens is 512 g/mol. The van der Waals surface area contributed by atoms with E-state index in [2.05, 4.69) is 5.32 Å². The van der Waals surface area contributed by atoms with E-state index in [1.165, 1.54) is 12.5 Å². The van der Waals surface area contributed by atoms with Crippen molar-refractivity contribution in [3.8, 4) is 11.5 Å².